The Hall–Kier alpha value is -3.56. The summed E-state index contributed by atoms with van der Waals surface area (Å²) in [7, 11) is 0. The third-order valence-electron chi connectivity index (χ3n) is 5.75. The molecule has 4 heterocycles. The van der Waals surface area contributed by atoms with Gasteiger partial charge in [0, 0.05) is 36.8 Å². The molecule has 0 unspecified atom stereocenters. The maximum Gasteiger partial charge on any atom is 0.157 e. The van der Waals surface area contributed by atoms with Crippen molar-refractivity contribution in [2.75, 3.05) is 25.0 Å². The van der Waals surface area contributed by atoms with E-state index in [1.54, 1.807) is 38.4 Å². The molecule has 0 spiro atoms. The molecular weight excluding hydrogens is 447 g/mol. The first-order valence-electron chi connectivity index (χ1n) is 11.7. The number of fused-ring (bicyclic) bond motifs is 1. The van der Waals surface area contributed by atoms with Crippen LogP contribution < -0.4 is 10.6 Å². The van der Waals surface area contributed by atoms with Crippen molar-refractivity contribution in [3.8, 4) is 17.0 Å². The van der Waals surface area contributed by atoms with Crippen LogP contribution in [-0.2, 0) is 0 Å². The Morgan fingerprint density at radius 1 is 1.14 bits per heavy atom. The standard InChI is InChI=1S/C15H23N5O.C11H8FNO/c1-15(2,21)10-18-14-12-9-17-8-5-13(12)20(19-14)11-3-6-16-7-4-11;12-8-4-5-9(11(14)7-8)10-3-1-2-6-13-10/h5,8-9,11,16,21H,3-4,6-7,10H2,1-2H3,(H,18,19);1-7,14H. The number of hydrogen-bond acceptors (Lipinski definition) is 7. The van der Waals surface area contributed by atoms with E-state index in [1.807, 2.05) is 18.3 Å². The molecular formula is C26H31FN6O2. The van der Waals surface area contributed by atoms with Crippen LogP contribution in [0.1, 0.15) is 32.7 Å². The van der Waals surface area contributed by atoms with E-state index >= 15 is 0 Å². The van der Waals surface area contributed by atoms with Gasteiger partial charge in [0.15, 0.2) is 5.82 Å². The third-order valence-corrected chi connectivity index (χ3v) is 5.75. The highest BCUT2D eigenvalue weighted by atomic mass is 19.1. The van der Waals surface area contributed by atoms with Gasteiger partial charge in [0.25, 0.3) is 0 Å². The minimum absolute atomic E-state index is 0.0938. The van der Waals surface area contributed by atoms with E-state index in [1.165, 1.54) is 12.1 Å². The molecule has 4 N–H and O–H groups in total. The van der Waals surface area contributed by atoms with E-state index in [9.17, 15) is 14.6 Å². The van der Waals surface area contributed by atoms with Crippen molar-refractivity contribution in [3.63, 3.8) is 0 Å². The quantitative estimate of drug-likeness (QED) is 0.342. The van der Waals surface area contributed by atoms with Crippen LogP contribution in [0.4, 0.5) is 10.2 Å². The van der Waals surface area contributed by atoms with Gasteiger partial charge in [0.05, 0.1) is 28.2 Å². The number of aliphatic hydroxyl groups is 1. The minimum Gasteiger partial charge on any atom is -0.507 e. The van der Waals surface area contributed by atoms with Crippen LogP contribution in [0.25, 0.3) is 22.2 Å². The summed E-state index contributed by atoms with van der Waals surface area (Å²) >= 11 is 0. The average molecular weight is 479 g/mol. The molecule has 1 saturated heterocycles. The van der Waals surface area contributed by atoms with E-state index in [0.717, 1.165) is 48.7 Å². The van der Waals surface area contributed by atoms with Crippen LogP contribution in [0, 0.1) is 5.82 Å². The molecule has 5 rings (SSSR count). The SMILES string of the molecule is CC(C)(O)CNc1nn(C2CCNCC2)c2ccncc12.Oc1cc(F)ccc1-c1ccccn1. The molecule has 1 aromatic carbocycles. The number of nitrogens with zero attached hydrogens (tertiary/aromatic N) is 4. The number of aromatic hydroxyl groups is 1. The Morgan fingerprint density at radius 2 is 1.94 bits per heavy atom. The van der Waals surface area contributed by atoms with Gasteiger partial charge in [0.2, 0.25) is 0 Å². The Bertz CT molecular complexity index is 1250. The molecule has 184 valence electrons. The number of phenolic OH excluding ortho intramolecular Hbond substituents is 1. The van der Waals surface area contributed by atoms with E-state index in [0.29, 0.717) is 23.8 Å². The molecule has 3 aromatic heterocycles. The van der Waals surface area contributed by atoms with Crippen molar-refractivity contribution in [1.29, 1.82) is 0 Å². The molecule has 35 heavy (non-hydrogen) atoms. The molecule has 0 saturated carbocycles. The number of rotatable bonds is 5. The first-order chi connectivity index (χ1) is 16.8. The Morgan fingerprint density at radius 3 is 2.63 bits per heavy atom. The Labute approximate surface area is 203 Å². The number of aromatic nitrogens is 4. The van der Waals surface area contributed by atoms with Crippen LogP contribution in [0.5, 0.6) is 5.75 Å². The van der Waals surface area contributed by atoms with Gasteiger partial charge in [-0.15, -0.1) is 0 Å². The average Bonchev–Trinajstić information content (AvgIpc) is 3.23. The summed E-state index contributed by atoms with van der Waals surface area (Å²) in [5.41, 5.74) is 1.50. The lowest BCUT2D eigenvalue weighted by Gasteiger charge is -2.23. The lowest BCUT2D eigenvalue weighted by molar-refractivity contribution is 0.0944. The van der Waals surface area contributed by atoms with Gasteiger partial charge in [-0.05, 0) is 70.1 Å². The number of nitrogens with one attached hydrogen (secondary N) is 2. The van der Waals surface area contributed by atoms with Crippen molar-refractivity contribution in [2.45, 2.75) is 38.3 Å². The fraction of sp³-hybridized carbons (Fsp3) is 0.346. The summed E-state index contributed by atoms with van der Waals surface area (Å²) in [5.74, 6) is 0.254. The molecule has 0 atom stereocenters. The summed E-state index contributed by atoms with van der Waals surface area (Å²) in [5, 5.41) is 31.7. The number of halogens is 1. The van der Waals surface area contributed by atoms with Crippen molar-refractivity contribution >= 4 is 16.7 Å². The lowest BCUT2D eigenvalue weighted by atomic mass is 10.1. The first-order valence-corrected chi connectivity index (χ1v) is 11.7. The second kappa shape index (κ2) is 10.8. The maximum atomic E-state index is 12.7. The molecule has 1 aliphatic rings. The normalized spacial score (nSPS) is 14.4. The van der Waals surface area contributed by atoms with Gasteiger partial charge in [-0.2, -0.15) is 5.10 Å². The fourth-order valence-electron chi connectivity index (χ4n) is 3.99. The van der Waals surface area contributed by atoms with Crippen molar-refractivity contribution in [2.24, 2.45) is 0 Å². The highest BCUT2D eigenvalue weighted by Crippen LogP contribution is 2.29. The molecule has 4 aromatic rings. The third kappa shape index (κ3) is 6.32. The van der Waals surface area contributed by atoms with Crippen LogP contribution in [0.15, 0.2) is 61.1 Å². The largest absolute Gasteiger partial charge is 0.507 e. The molecule has 0 aliphatic carbocycles. The highest BCUT2D eigenvalue weighted by Gasteiger charge is 2.21. The fourth-order valence-corrected chi connectivity index (χ4v) is 3.99. The zero-order valence-corrected chi connectivity index (χ0v) is 19.9. The zero-order chi connectivity index (χ0) is 24.8. The number of piperidine rings is 1. The maximum absolute atomic E-state index is 12.7. The topological polar surface area (TPSA) is 108 Å². The van der Waals surface area contributed by atoms with Gasteiger partial charge in [0.1, 0.15) is 11.6 Å². The number of phenols is 1. The van der Waals surface area contributed by atoms with Gasteiger partial charge >= 0.3 is 0 Å². The van der Waals surface area contributed by atoms with Crippen LogP contribution in [-0.4, -0.2) is 55.2 Å². The number of benzene rings is 1. The summed E-state index contributed by atoms with van der Waals surface area (Å²) in [6.45, 7) is 6.09. The molecule has 0 radical (unpaired) electrons. The minimum atomic E-state index is -0.771. The van der Waals surface area contributed by atoms with Crippen molar-refractivity contribution in [3.05, 3.63) is 66.9 Å². The number of anilines is 1. The lowest BCUT2D eigenvalue weighted by Crippen LogP contribution is -2.30. The van der Waals surface area contributed by atoms with E-state index in [2.05, 4.69) is 25.3 Å². The molecule has 1 aliphatic heterocycles. The van der Waals surface area contributed by atoms with Gasteiger partial charge < -0.3 is 20.8 Å². The van der Waals surface area contributed by atoms with Gasteiger partial charge in [-0.1, -0.05) is 6.07 Å². The molecule has 9 heteroatoms. The number of hydrogen-bond donors (Lipinski definition) is 4. The molecule has 8 nitrogen and oxygen atoms in total. The van der Waals surface area contributed by atoms with Crippen LogP contribution in [0.2, 0.25) is 0 Å². The highest BCUT2D eigenvalue weighted by molar-refractivity contribution is 5.89. The first kappa shape index (κ1) is 24.6. The smallest absolute Gasteiger partial charge is 0.157 e. The van der Waals surface area contributed by atoms with E-state index in [4.69, 9.17) is 5.10 Å². The predicted molar refractivity (Wildman–Crippen MR) is 135 cm³/mol. The van der Waals surface area contributed by atoms with Crippen molar-refractivity contribution < 1.29 is 14.6 Å². The second-order valence-electron chi connectivity index (χ2n) is 9.21. The summed E-state index contributed by atoms with van der Waals surface area (Å²) in [6.07, 6.45) is 7.44. The zero-order valence-electron chi connectivity index (χ0n) is 19.9. The Balaban J connectivity index is 0.000000179. The monoisotopic (exact) mass is 478 g/mol. The van der Waals surface area contributed by atoms with Crippen LogP contribution >= 0.6 is 0 Å². The van der Waals surface area contributed by atoms with E-state index in [-0.39, 0.29) is 5.75 Å². The molecule has 1 fully saturated rings. The number of pyridine rings is 2. The second-order valence-corrected chi connectivity index (χ2v) is 9.21. The van der Waals surface area contributed by atoms with E-state index < -0.39 is 11.4 Å². The molecule has 0 bridgehead atoms. The van der Waals surface area contributed by atoms with Gasteiger partial charge in [-0.3, -0.25) is 14.6 Å². The summed E-state index contributed by atoms with van der Waals surface area (Å²) in [6, 6.07) is 11.7. The summed E-state index contributed by atoms with van der Waals surface area (Å²) < 4.78 is 14.8. The summed E-state index contributed by atoms with van der Waals surface area (Å²) in [4.78, 5) is 8.27. The molecule has 0 amide bonds. The van der Waals surface area contributed by atoms with Crippen LogP contribution in [0.3, 0.4) is 0 Å². The Kier molecular flexibility index (Phi) is 7.57. The van der Waals surface area contributed by atoms with Gasteiger partial charge in [-0.25, -0.2) is 4.39 Å². The van der Waals surface area contributed by atoms with Crippen molar-refractivity contribution in [1.82, 2.24) is 25.1 Å². The predicted octanol–water partition coefficient (Wildman–Crippen LogP) is 4.13.